The number of ether oxygens (including phenoxy) is 1. The van der Waals surface area contributed by atoms with Crippen molar-refractivity contribution in [2.45, 2.75) is 13.3 Å². The zero-order valence-corrected chi connectivity index (χ0v) is 13.3. The van der Waals surface area contributed by atoms with Gasteiger partial charge in [-0.15, -0.1) is 11.3 Å². The Morgan fingerprint density at radius 2 is 2.14 bits per heavy atom. The average Bonchev–Trinajstić information content (AvgIpc) is 2.97. The van der Waals surface area contributed by atoms with E-state index in [-0.39, 0.29) is 5.91 Å². The maximum atomic E-state index is 11.9. The molecule has 1 amide bonds. The lowest BCUT2D eigenvalue weighted by molar-refractivity contribution is 0.0940. The third-order valence-corrected chi connectivity index (χ3v) is 3.93. The normalized spacial score (nSPS) is 10.6. The van der Waals surface area contributed by atoms with Gasteiger partial charge in [0.25, 0.3) is 5.91 Å². The van der Waals surface area contributed by atoms with Gasteiger partial charge in [0.05, 0.1) is 0 Å². The van der Waals surface area contributed by atoms with Crippen molar-refractivity contribution in [2.75, 3.05) is 19.8 Å². The van der Waals surface area contributed by atoms with Gasteiger partial charge in [-0.2, -0.15) is 0 Å². The van der Waals surface area contributed by atoms with Crippen LogP contribution in [0, 0.1) is 0 Å². The van der Waals surface area contributed by atoms with E-state index in [1.807, 2.05) is 31.2 Å². The number of nitrogens with one attached hydrogen (secondary N) is 1. The summed E-state index contributed by atoms with van der Waals surface area (Å²) in [4.78, 5) is 16.3. The molecule has 0 fully saturated rings. The molecule has 1 heterocycles. The molecule has 1 aromatic carbocycles. The highest BCUT2D eigenvalue weighted by Gasteiger charge is 2.11. The number of amides is 1. The van der Waals surface area contributed by atoms with Crippen molar-refractivity contribution in [1.29, 1.82) is 0 Å². The van der Waals surface area contributed by atoms with Gasteiger partial charge < -0.3 is 10.1 Å². The van der Waals surface area contributed by atoms with Gasteiger partial charge in [-0.3, -0.25) is 4.79 Å². The summed E-state index contributed by atoms with van der Waals surface area (Å²) in [6.07, 6.45) is 0.799. The highest BCUT2D eigenvalue weighted by molar-refractivity contribution is 7.13. The summed E-state index contributed by atoms with van der Waals surface area (Å²) in [5.74, 6) is -0.150. The summed E-state index contributed by atoms with van der Waals surface area (Å²) < 4.78 is 5.22. The van der Waals surface area contributed by atoms with Crippen molar-refractivity contribution >= 4 is 28.8 Å². The summed E-state index contributed by atoms with van der Waals surface area (Å²) in [5.41, 5.74) is 1.40. The molecule has 4 nitrogen and oxygen atoms in total. The van der Waals surface area contributed by atoms with E-state index >= 15 is 0 Å². The maximum absolute atomic E-state index is 11.9. The van der Waals surface area contributed by atoms with E-state index in [2.05, 4.69) is 10.3 Å². The van der Waals surface area contributed by atoms with Gasteiger partial charge in [-0.05, 0) is 25.5 Å². The molecule has 0 bridgehead atoms. The predicted octanol–water partition coefficient (Wildman–Crippen LogP) is 3.62. The first-order valence-corrected chi connectivity index (χ1v) is 8.04. The van der Waals surface area contributed by atoms with Crippen LogP contribution in [0.3, 0.4) is 0 Å². The third kappa shape index (κ3) is 4.81. The van der Waals surface area contributed by atoms with Gasteiger partial charge in [0, 0.05) is 35.7 Å². The minimum atomic E-state index is -0.150. The molecule has 0 spiro atoms. The smallest absolute Gasteiger partial charge is 0.270 e. The highest BCUT2D eigenvalue weighted by Crippen LogP contribution is 2.24. The quantitative estimate of drug-likeness (QED) is 0.791. The first kappa shape index (κ1) is 15.9. The second kappa shape index (κ2) is 8.12. The van der Waals surface area contributed by atoms with Crippen LogP contribution in [0.2, 0.25) is 5.02 Å². The number of hydrogen-bond donors (Lipinski definition) is 1. The van der Waals surface area contributed by atoms with E-state index in [9.17, 15) is 4.79 Å². The topological polar surface area (TPSA) is 51.2 Å². The van der Waals surface area contributed by atoms with E-state index in [0.717, 1.165) is 17.0 Å². The van der Waals surface area contributed by atoms with Gasteiger partial charge >= 0.3 is 0 Å². The van der Waals surface area contributed by atoms with Gasteiger partial charge in [0.1, 0.15) is 10.7 Å². The summed E-state index contributed by atoms with van der Waals surface area (Å²) in [6, 6.07) is 7.41. The van der Waals surface area contributed by atoms with Crippen LogP contribution in [-0.2, 0) is 4.74 Å². The predicted molar refractivity (Wildman–Crippen MR) is 86.0 cm³/mol. The van der Waals surface area contributed by atoms with E-state index < -0.39 is 0 Å². The number of aromatic nitrogens is 1. The molecule has 1 aromatic heterocycles. The van der Waals surface area contributed by atoms with E-state index in [4.69, 9.17) is 16.3 Å². The summed E-state index contributed by atoms with van der Waals surface area (Å²) in [6.45, 7) is 3.90. The Kier molecular flexibility index (Phi) is 6.17. The van der Waals surface area contributed by atoms with Crippen LogP contribution in [-0.4, -0.2) is 30.6 Å². The fraction of sp³-hybridized carbons (Fsp3) is 0.333. The molecule has 2 aromatic rings. The summed E-state index contributed by atoms with van der Waals surface area (Å²) in [5, 5.41) is 6.10. The number of carbonyl (C=O) groups is 1. The average molecular weight is 325 g/mol. The SMILES string of the molecule is CCOCCCNC(=O)c1csc(-c2ccc(Cl)cc2)n1. The highest BCUT2D eigenvalue weighted by atomic mass is 35.5. The fourth-order valence-electron chi connectivity index (χ4n) is 1.71. The zero-order valence-electron chi connectivity index (χ0n) is 11.8. The second-order valence-corrected chi connectivity index (χ2v) is 5.65. The monoisotopic (exact) mass is 324 g/mol. The van der Waals surface area contributed by atoms with Gasteiger partial charge in [0.2, 0.25) is 0 Å². The van der Waals surface area contributed by atoms with Crippen molar-refractivity contribution in [1.82, 2.24) is 10.3 Å². The lowest BCUT2D eigenvalue weighted by Gasteiger charge is -2.03. The van der Waals surface area contributed by atoms with Crippen molar-refractivity contribution in [3.8, 4) is 10.6 Å². The largest absolute Gasteiger partial charge is 0.382 e. The Labute approximate surface area is 133 Å². The lowest BCUT2D eigenvalue weighted by atomic mass is 10.2. The fourth-order valence-corrected chi connectivity index (χ4v) is 2.65. The number of hydrogen-bond acceptors (Lipinski definition) is 4. The molecule has 21 heavy (non-hydrogen) atoms. The molecule has 0 atom stereocenters. The Morgan fingerprint density at radius 3 is 2.86 bits per heavy atom. The molecule has 1 N–H and O–H groups in total. The first-order chi connectivity index (χ1) is 10.2. The van der Waals surface area contributed by atoms with Crippen LogP contribution in [0.1, 0.15) is 23.8 Å². The molecule has 0 aliphatic heterocycles. The first-order valence-electron chi connectivity index (χ1n) is 6.78. The summed E-state index contributed by atoms with van der Waals surface area (Å²) in [7, 11) is 0. The van der Waals surface area contributed by atoms with Gasteiger partial charge in [-0.1, -0.05) is 23.7 Å². The van der Waals surface area contributed by atoms with Crippen LogP contribution in [0.4, 0.5) is 0 Å². The van der Waals surface area contributed by atoms with Crippen LogP contribution >= 0.6 is 22.9 Å². The van der Waals surface area contributed by atoms with Crippen LogP contribution in [0.15, 0.2) is 29.6 Å². The van der Waals surface area contributed by atoms with Crippen molar-refractivity contribution in [2.24, 2.45) is 0 Å². The van der Waals surface area contributed by atoms with Crippen molar-refractivity contribution in [3.63, 3.8) is 0 Å². The molecule has 0 radical (unpaired) electrons. The van der Waals surface area contributed by atoms with Gasteiger partial charge in [0.15, 0.2) is 0 Å². The lowest BCUT2D eigenvalue weighted by Crippen LogP contribution is -2.25. The molecule has 0 saturated heterocycles. The maximum Gasteiger partial charge on any atom is 0.270 e. The van der Waals surface area contributed by atoms with Gasteiger partial charge in [-0.25, -0.2) is 4.98 Å². The van der Waals surface area contributed by atoms with E-state index in [0.29, 0.717) is 30.5 Å². The summed E-state index contributed by atoms with van der Waals surface area (Å²) >= 11 is 7.30. The molecular weight excluding hydrogens is 308 g/mol. The van der Waals surface area contributed by atoms with E-state index in [1.54, 1.807) is 5.38 Å². The minimum absolute atomic E-state index is 0.150. The minimum Gasteiger partial charge on any atom is -0.382 e. The molecule has 2 rings (SSSR count). The molecule has 0 aliphatic rings. The van der Waals surface area contributed by atoms with E-state index in [1.165, 1.54) is 11.3 Å². The van der Waals surface area contributed by atoms with Crippen molar-refractivity contribution in [3.05, 3.63) is 40.4 Å². The zero-order chi connectivity index (χ0) is 15.1. The molecule has 0 unspecified atom stereocenters. The Hall–Kier alpha value is -1.43. The number of thiazole rings is 1. The Morgan fingerprint density at radius 1 is 1.38 bits per heavy atom. The Bertz CT molecular complexity index is 584. The third-order valence-electron chi connectivity index (χ3n) is 2.78. The Balaban J connectivity index is 1.90. The molecule has 0 aliphatic carbocycles. The van der Waals surface area contributed by atoms with Crippen molar-refractivity contribution < 1.29 is 9.53 Å². The molecule has 0 saturated carbocycles. The number of nitrogens with zero attached hydrogens (tertiary/aromatic N) is 1. The molecule has 6 heteroatoms. The second-order valence-electron chi connectivity index (χ2n) is 4.35. The van der Waals surface area contributed by atoms with Crippen LogP contribution in [0.25, 0.3) is 10.6 Å². The molecule has 112 valence electrons. The number of benzene rings is 1. The van der Waals surface area contributed by atoms with Crippen LogP contribution < -0.4 is 5.32 Å². The standard InChI is InChI=1S/C15H17ClN2O2S/c1-2-20-9-3-8-17-14(19)13-10-21-15(18-13)11-4-6-12(16)7-5-11/h4-7,10H,2-3,8-9H2,1H3,(H,17,19). The molecular formula is C15H17ClN2O2S. The van der Waals surface area contributed by atoms with Crippen LogP contribution in [0.5, 0.6) is 0 Å². The number of halogens is 1. The number of carbonyl (C=O) groups excluding carboxylic acids is 1. The number of rotatable bonds is 7.